The highest BCUT2D eigenvalue weighted by atomic mass is 127. The summed E-state index contributed by atoms with van der Waals surface area (Å²) in [5.74, 6) is 0.813. The third-order valence-corrected chi connectivity index (χ3v) is 4.64. The van der Waals surface area contributed by atoms with Crippen molar-refractivity contribution in [2.24, 2.45) is 4.99 Å². The molecule has 0 atom stereocenters. The maximum absolute atomic E-state index is 5.45. The molecule has 0 unspecified atom stereocenters. The molecule has 0 aromatic heterocycles. The molecule has 1 aromatic rings. The van der Waals surface area contributed by atoms with Crippen molar-refractivity contribution < 1.29 is 9.47 Å². The molecule has 7 heteroatoms. The first-order valence-electron chi connectivity index (χ1n) is 8.90. The molecule has 0 bridgehead atoms. The second-order valence-corrected chi connectivity index (χ2v) is 6.89. The van der Waals surface area contributed by atoms with E-state index in [1.165, 1.54) is 11.1 Å². The van der Waals surface area contributed by atoms with Crippen LogP contribution in [-0.2, 0) is 22.6 Å². The maximum Gasteiger partial charge on any atom is 0.191 e. The van der Waals surface area contributed by atoms with Crippen LogP contribution in [0.4, 0.5) is 0 Å². The van der Waals surface area contributed by atoms with Crippen LogP contribution in [0.3, 0.4) is 0 Å². The van der Waals surface area contributed by atoms with E-state index < -0.39 is 0 Å². The minimum atomic E-state index is 0. The Balaban J connectivity index is 0.00000338. The van der Waals surface area contributed by atoms with E-state index in [0.717, 1.165) is 45.4 Å². The lowest BCUT2D eigenvalue weighted by molar-refractivity contribution is -0.00834. The Morgan fingerprint density at radius 1 is 1.19 bits per heavy atom. The number of hydrogen-bond donors (Lipinski definition) is 2. The first-order chi connectivity index (χ1) is 12.1. The van der Waals surface area contributed by atoms with Crippen molar-refractivity contribution in [3.8, 4) is 0 Å². The first kappa shape index (κ1) is 23.1. The zero-order chi connectivity index (χ0) is 18.1. The summed E-state index contributed by atoms with van der Waals surface area (Å²) >= 11 is 0. The van der Waals surface area contributed by atoms with Gasteiger partial charge in [0.2, 0.25) is 0 Å². The SMILES string of the molecule is CN=C(NCc1ccccc1COC)NCC(C)(C)N1CCOCC1.I. The Labute approximate surface area is 174 Å². The topological polar surface area (TPSA) is 58.1 Å². The van der Waals surface area contributed by atoms with Gasteiger partial charge in [-0.05, 0) is 25.0 Å². The second kappa shape index (κ2) is 11.7. The average Bonchev–Trinajstić information content (AvgIpc) is 2.64. The third kappa shape index (κ3) is 7.02. The van der Waals surface area contributed by atoms with E-state index in [1.807, 2.05) is 12.1 Å². The predicted octanol–water partition coefficient (Wildman–Crippen LogP) is 2.23. The molecule has 0 spiro atoms. The standard InChI is InChI=1S/C19H32N4O2.HI/c1-19(2,23-9-11-25-12-10-23)15-22-18(20-3)21-13-16-7-5-6-8-17(16)14-24-4;/h5-8H,9-15H2,1-4H3,(H2,20,21,22);1H. The van der Waals surface area contributed by atoms with Crippen LogP contribution in [-0.4, -0.2) is 63.4 Å². The van der Waals surface area contributed by atoms with E-state index in [0.29, 0.717) is 6.61 Å². The number of benzene rings is 1. The molecule has 1 aliphatic rings. The number of rotatable bonds is 7. The van der Waals surface area contributed by atoms with Crippen molar-refractivity contribution in [2.45, 2.75) is 32.5 Å². The van der Waals surface area contributed by atoms with Crippen molar-refractivity contribution in [3.05, 3.63) is 35.4 Å². The fourth-order valence-corrected chi connectivity index (χ4v) is 3.01. The number of guanidine groups is 1. The molecule has 1 fully saturated rings. The summed E-state index contributed by atoms with van der Waals surface area (Å²) in [5.41, 5.74) is 2.47. The third-order valence-electron chi connectivity index (χ3n) is 4.64. The number of halogens is 1. The van der Waals surface area contributed by atoms with Gasteiger partial charge in [0.1, 0.15) is 0 Å². The van der Waals surface area contributed by atoms with Gasteiger partial charge < -0.3 is 20.1 Å². The summed E-state index contributed by atoms with van der Waals surface area (Å²) in [4.78, 5) is 6.81. The minimum Gasteiger partial charge on any atom is -0.380 e. The van der Waals surface area contributed by atoms with Gasteiger partial charge in [-0.3, -0.25) is 9.89 Å². The van der Waals surface area contributed by atoms with Gasteiger partial charge in [-0.25, -0.2) is 0 Å². The van der Waals surface area contributed by atoms with Crippen molar-refractivity contribution in [1.82, 2.24) is 15.5 Å². The van der Waals surface area contributed by atoms with E-state index >= 15 is 0 Å². The molecule has 1 heterocycles. The predicted molar refractivity (Wildman–Crippen MR) is 117 cm³/mol. The fraction of sp³-hybridized carbons (Fsp3) is 0.632. The van der Waals surface area contributed by atoms with Gasteiger partial charge in [0.25, 0.3) is 0 Å². The van der Waals surface area contributed by atoms with Gasteiger partial charge in [0.05, 0.1) is 19.8 Å². The Bertz CT molecular complexity index is 560. The Morgan fingerprint density at radius 3 is 2.46 bits per heavy atom. The zero-order valence-electron chi connectivity index (χ0n) is 16.4. The van der Waals surface area contributed by atoms with Crippen LogP contribution in [0.15, 0.2) is 29.3 Å². The van der Waals surface area contributed by atoms with E-state index in [1.54, 1.807) is 14.2 Å². The summed E-state index contributed by atoms with van der Waals surface area (Å²) in [5, 5.41) is 6.85. The molecule has 148 valence electrons. The quantitative estimate of drug-likeness (QED) is 0.359. The van der Waals surface area contributed by atoms with Gasteiger partial charge in [0.15, 0.2) is 5.96 Å². The first-order valence-corrected chi connectivity index (χ1v) is 8.90. The molecular weight excluding hydrogens is 443 g/mol. The van der Waals surface area contributed by atoms with Gasteiger partial charge in [-0.1, -0.05) is 24.3 Å². The van der Waals surface area contributed by atoms with E-state index in [-0.39, 0.29) is 29.5 Å². The highest BCUT2D eigenvalue weighted by molar-refractivity contribution is 14.0. The van der Waals surface area contributed by atoms with E-state index in [9.17, 15) is 0 Å². The maximum atomic E-state index is 5.45. The highest BCUT2D eigenvalue weighted by Crippen LogP contribution is 2.15. The lowest BCUT2D eigenvalue weighted by atomic mass is 10.0. The number of methoxy groups -OCH3 is 1. The largest absolute Gasteiger partial charge is 0.380 e. The summed E-state index contributed by atoms with van der Waals surface area (Å²) < 4.78 is 10.7. The van der Waals surface area contributed by atoms with Crippen molar-refractivity contribution in [1.29, 1.82) is 0 Å². The lowest BCUT2D eigenvalue weighted by Crippen LogP contribution is -2.56. The lowest BCUT2D eigenvalue weighted by Gasteiger charge is -2.41. The fourth-order valence-electron chi connectivity index (χ4n) is 3.01. The molecule has 0 amide bonds. The summed E-state index contributed by atoms with van der Waals surface area (Å²) in [7, 11) is 3.52. The average molecular weight is 476 g/mol. The zero-order valence-corrected chi connectivity index (χ0v) is 18.7. The molecule has 1 saturated heterocycles. The minimum absolute atomic E-state index is 0. The highest BCUT2D eigenvalue weighted by Gasteiger charge is 2.28. The number of hydrogen-bond acceptors (Lipinski definition) is 4. The number of nitrogens with one attached hydrogen (secondary N) is 2. The Morgan fingerprint density at radius 2 is 1.85 bits per heavy atom. The van der Waals surface area contributed by atoms with Gasteiger partial charge >= 0.3 is 0 Å². The van der Waals surface area contributed by atoms with Crippen molar-refractivity contribution in [2.75, 3.05) is 47.0 Å². The second-order valence-electron chi connectivity index (χ2n) is 6.89. The number of nitrogens with zero attached hydrogens (tertiary/aromatic N) is 2. The molecule has 2 N–H and O–H groups in total. The summed E-state index contributed by atoms with van der Waals surface area (Å²) in [6, 6.07) is 8.30. The molecule has 6 nitrogen and oxygen atoms in total. The molecule has 1 aromatic carbocycles. The van der Waals surface area contributed by atoms with Gasteiger partial charge in [0, 0.05) is 45.9 Å². The van der Waals surface area contributed by atoms with Crippen LogP contribution < -0.4 is 10.6 Å². The van der Waals surface area contributed by atoms with E-state index in [2.05, 4.69) is 46.5 Å². The van der Waals surface area contributed by atoms with Gasteiger partial charge in [-0.15, -0.1) is 24.0 Å². The van der Waals surface area contributed by atoms with Crippen LogP contribution in [0.1, 0.15) is 25.0 Å². The molecule has 26 heavy (non-hydrogen) atoms. The van der Waals surface area contributed by atoms with Crippen molar-refractivity contribution >= 4 is 29.9 Å². The summed E-state index contributed by atoms with van der Waals surface area (Å²) in [6.45, 7) is 10.3. The number of morpholine rings is 1. The Hall–Kier alpha value is -0.900. The van der Waals surface area contributed by atoms with Crippen LogP contribution in [0.25, 0.3) is 0 Å². The molecule has 2 rings (SSSR count). The number of ether oxygens (including phenoxy) is 2. The molecular formula is C19H33IN4O2. The van der Waals surface area contributed by atoms with Crippen molar-refractivity contribution in [3.63, 3.8) is 0 Å². The smallest absolute Gasteiger partial charge is 0.191 e. The van der Waals surface area contributed by atoms with Crippen LogP contribution >= 0.6 is 24.0 Å². The number of aliphatic imine (C=N–C) groups is 1. The molecule has 0 aliphatic carbocycles. The molecule has 0 saturated carbocycles. The van der Waals surface area contributed by atoms with Crippen LogP contribution in [0.2, 0.25) is 0 Å². The Kier molecular flexibility index (Phi) is 10.4. The van der Waals surface area contributed by atoms with E-state index in [4.69, 9.17) is 9.47 Å². The van der Waals surface area contributed by atoms with Gasteiger partial charge in [-0.2, -0.15) is 0 Å². The van der Waals surface area contributed by atoms with Crippen LogP contribution in [0, 0.1) is 0 Å². The monoisotopic (exact) mass is 476 g/mol. The summed E-state index contributed by atoms with van der Waals surface area (Å²) in [6.07, 6.45) is 0. The normalized spacial score (nSPS) is 16.1. The molecule has 1 aliphatic heterocycles. The van der Waals surface area contributed by atoms with Crippen LogP contribution in [0.5, 0.6) is 0 Å². The molecule has 0 radical (unpaired) electrons.